The number of aromatic carboxylic acids is 1. The van der Waals surface area contributed by atoms with E-state index in [4.69, 9.17) is 46.7 Å². The fraction of sp³-hybridized carbons (Fsp3) is 0.433. The molecule has 2 saturated heterocycles. The van der Waals surface area contributed by atoms with Gasteiger partial charge in [0.15, 0.2) is 0 Å². The SMILES string of the molecule is CC(C)Oc1cc(C(=O)O)cc2sc([C@]3(F)CO[C@@H]4[C@H](OCc5c(-c6c(Cl)cccc6Cl)noc5C5CC5)CO[C@@H]43)nc12. The van der Waals surface area contributed by atoms with Gasteiger partial charge in [0.25, 0.3) is 0 Å². The topological polar surface area (TPSA) is 113 Å². The zero-order chi connectivity index (χ0) is 30.0. The quantitative estimate of drug-likeness (QED) is 0.202. The van der Waals surface area contributed by atoms with Crippen LogP contribution in [-0.4, -0.2) is 58.8 Å². The van der Waals surface area contributed by atoms with E-state index >= 15 is 4.39 Å². The second kappa shape index (κ2) is 11.0. The molecule has 0 unspecified atom stereocenters. The first kappa shape index (κ1) is 28.9. The Hall–Kier alpha value is -2.80. The lowest BCUT2D eigenvalue weighted by Crippen LogP contribution is -2.38. The van der Waals surface area contributed by atoms with E-state index in [0.717, 1.165) is 35.5 Å². The number of ether oxygens (including phenoxy) is 4. The van der Waals surface area contributed by atoms with E-state index in [1.54, 1.807) is 18.2 Å². The molecule has 0 spiro atoms. The van der Waals surface area contributed by atoms with Crippen LogP contribution in [0.1, 0.15) is 59.3 Å². The van der Waals surface area contributed by atoms with Crippen LogP contribution in [0.3, 0.4) is 0 Å². The average Bonchev–Trinajstić information content (AvgIpc) is 3.27. The average molecular weight is 650 g/mol. The zero-order valence-electron chi connectivity index (χ0n) is 23.1. The van der Waals surface area contributed by atoms with Crippen molar-refractivity contribution in [2.24, 2.45) is 0 Å². The van der Waals surface area contributed by atoms with E-state index in [-0.39, 0.29) is 48.2 Å². The Labute approximate surface area is 259 Å². The van der Waals surface area contributed by atoms with Crippen LogP contribution < -0.4 is 4.74 Å². The predicted octanol–water partition coefficient (Wildman–Crippen LogP) is 7.17. The van der Waals surface area contributed by atoms with Crippen molar-refractivity contribution in [3.63, 3.8) is 0 Å². The van der Waals surface area contributed by atoms with Crippen LogP contribution in [-0.2, 0) is 26.5 Å². The van der Waals surface area contributed by atoms with Crippen LogP contribution in [0.5, 0.6) is 5.75 Å². The Balaban J connectivity index is 1.14. The standard InChI is InChI=1S/C30H27Cl2FN2O7S/c1-13(2)41-19-8-15(28(36)37)9-21-24(19)34-29(43-21)30(33)12-40-26-20(11-39-27(26)30)38-10-16-23(35-42-25(16)14-6-7-14)22-17(31)4-3-5-18(22)32/h3-5,8-9,13-14,20,26-27H,6-7,10-12H2,1-2H3,(H,36,37)/t20-,26-,27+,30+/m1/s1. The highest BCUT2D eigenvalue weighted by atomic mass is 35.5. The Morgan fingerprint density at radius 2 is 2.00 bits per heavy atom. The smallest absolute Gasteiger partial charge is 0.335 e. The van der Waals surface area contributed by atoms with E-state index in [1.807, 2.05) is 13.8 Å². The summed E-state index contributed by atoms with van der Waals surface area (Å²) in [6.45, 7) is 3.61. The highest BCUT2D eigenvalue weighted by molar-refractivity contribution is 7.18. The van der Waals surface area contributed by atoms with Crippen molar-refractivity contribution in [2.45, 2.75) is 69.3 Å². The van der Waals surface area contributed by atoms with E-state index in [9.17, 15) is 9.90 Å². The molecular formula is C30H27Cl2FN2O7S. The van der Waals surface area contributed by atoms with Crippen molar-refractivity contribution in [3.05, 3.63) is 62.3 Å². The third kappa shape index (κ3) is 5.09. The van der Waals surface area contributed by atoms with Gasteiger partial charge in [0.05, 0.1) is 46.2 Å². The van der Waals surface area contributed by atoms with Gasteiger partial charge >= 0.3 is 5.97 Å². The minimum absolute atomic E-state index is 0.0362. The Bertz CT molecular complexity index is 1700. The van der Waals surface area contributed by atoms with Crippen molar-refractivity contribution < 1.29 is 37.8 Å². The minimum Gasteiger partial charge on any atom is -0.489 e. The lowest BCUT2D eigenvalue weighted by Gasteiger charge is -2.21. The fourth-order valence-electron chi connectivity index (χ4n) is 5.68. The number of halogens is 3. The molecule has 226 valence electrons. The second-order valence-corrected chi connectivity index (χ2v) is 13.1. The van der Waals surface area contributed by atoms with Gasteiger partial charge in [-0.25, -0.2) is 14.2 Å². The summed E-state index contributed by atoms with van der Waals surface area (Å²) in [5.41, 5.74) is 0.226. The van der Waals surface area contributed by atoms with Crippen LogP contribution in [0.15, 0.2) is 34.9 Å². The van der Waals surface area contributed by atoms with Gasteiger partial charge in [-0.05, 0) is 51.0 Å². The summed E-state index contributed by atoms with van der Waals surface area (Å²) in [6, 6.07) is 8.13. The molecule has 0 bridgehead atoms. The number of nitrogens with zero attached hydrogens (tertiary/aromatic N) is 2. The largest absolute Gasteiger partial charge is 0.489 e. The van der Waals surface area contributed by atoms with Crippen molar-refractivity contribution >= 4 is 50.7 Å². The van der Waals surface area contributed by atoms with Crippen LogP contribution >= 0.6 is 34.5 Å². The van der Waals surface area contributed by atoms with E-state index in [0.29, 0.717) is 31.5 Å². The van der Waals surface area contributed by atoms with Crippen LogP contribution in [0.2, 0.25) is 10.0 Å². The lowest BCUT2D eigenvalue weighted by atomic mass is 9.98. The first-order chi connectivity index (χ1) is 20.6. The number of hydrogen-bond acceptors (Lipinski definition) is 9. The van der Waals surface area contributed by atoms with Gasteiger partial charge in [-0.1, -0.05) is 34.4 Å². The van der Waals surface area contributed by atoms with E-state index in [1.165, 1.54) is 12.1 Å². The molecular weight excluding hydrogens is 622 g/mol. The van der Waals surface area contributed by atoms with Crippen LogP contribution in [0.25, 0.3) is 21.5 Å². The number of rotatable bonds is 9. The molecule has 9 nitrogen and oxygen atoms in total. The summed E-state index contributed by atoms with van der Waals surface area (Å²) in [5.74, 6) is 0.166. The third-order valence-corrected chi connectivity index (χ3v) is 9.66. The molecule has 3 aliphatic rings. The van der Waals surface area contributed by atoms with Gasteiger partial charge in [0.1, 0.15) is 46.0 Å². The Morgan fingerprint density at radius 1 is 1.23 bits per heavy atom. The number of aromatic nitrogens is 2. The monoisotopic (exact) mass is 648 g/mol. The van der Waals surface area contributed by atoms with Crippen molar-refractivity contribution in [1.82, 2.24) is 10.1 Å². The molecule has 0 amide bonds. The molecule has 7 rings (SSSR count). The predicted molar refractivity (Wildman–Crippen MR) is 157 cm³/mol. The first-order valence-corrected chi connectivity index (χ1v) is 15.5. The Morgan fingerprint density at radius 3 is 2.70 bits per heavy atom. The van der Waals surface area contributed by atoms with Gasteiger partial charge in [0.2, 0.25) is 5.67 Å². The minimum atomic E-state index is -2.06. The summed E-state index contributed by atoms with van der Waals surface area (Å²) in [5, 5.41) is 14.9. The molecule has 4 aromatic rings. The molecule has 43 heavy (non-hydrogen) atoms. The lowest BCUT2D eigenvalue weighted by molar-refractivity contribution is -0.0501. The number of thiazole rings is 1. The Kier molecular flexibility index (Phi) is 7.39. The van der Waals surface area contributed by atoms with E-state index in [2.05, 4.69) is 10.1 Å². The molecule has 2 aromatic carbocycles. The maximum Gasteiger partial charge on any atom is 0.335 e. The van der Waals surface area contributed by atoms with Gasteiger partial charge < -0.3 is 28.6 Å². The molecule has 3 fully saturated rings. The normalized spacial score (nSPS) is 25.1. The first-order valence-electron chi connectivity index (χ1n) is 14.0. The number of carboxylic acid groups (broad SMARTS) is 1. The summed E-state index contributed by atoms with van der Waals surface area (Å²) < 4.78 is 47.1. The van der Waals surface area contributed by atoms with Crippen molar-refractivity contribution in [1.29, 1.82) is 0 Å². The molecule has 13 heteroatoms. The number of benzene rings is 2. The van der Waals surface area contributed by atoms with Crippen LogP contribution in [0, 0.1) is 0 Å². The van der Waals surface area contributed by atoms with Crippen LogP contribution in [0.4, 0.5) is 4.39 Å². The highest BCUT2D eigenvalue weighted by Gasteiger charge is 2.60. The number of fused-ring (bicyclic) bond motifs is 2. The number of hydrogen-bond donors (Lipinski definition) is 1. The van der Waals surface area contributed by atoms with Gasteiger partial charge in [0, 0.05) is 17.0 Å². The van der Waals surface area contributed by atoms with Gasteiger partial charge in [-0.3, -0.25) is 0 Å². The van der Waals surface area contributed by atoms with Gasteiger partial charge in [-0.15, -0.1) is 11.3 Å². The molecule has 1 aliphatic carbocycles. The maximum atomic E-state index is 16.8. The molecule has 1 saturated carbocycles. The highest BCUT2D eigenvalue weighted by Crippen LogP contribution is 2.49. The molecule has 4 atom stereocenters. The zero-order valence-corrected chi connectivity index (χ0v) is 25.5. The van der Waals surface area contributed by atoms with Gasteiger partial charge in [-0.2, -0.15) is 0 Å². The molecule has 2 aliphatic heterocycles. The van der Waals surface area contributed by atoms with Crippen molar-refractivity contribution in [2.75, 3.05) is 13.2 Å². The second-order valence-electron chi connectivity index (χ2n) is 11.3. The summed E-state index contributed by atoms with van der Waals surface area (Å²) in [6.07, 6.45) is -0.464. The fourth-order valence-corrected chi connectivity index (χ4v) is 7.37. The number of alkyl halides is 1. The van der Waals surface area contributed by atoms with E-state index < -0.39 is 29.9 Å². The molecule has 4 heterocycles. The molecule has 1 N–H and O–H groups in total. The summed E-state index contributed by atoms with van der Waals surface area (Å²) >= 11 is 14.0. The molecule has 0 radical (unpaired) electrons. The number of carbonyl (C=O) groups is 1. The third-order valence-electron chi connectivity index (χ3n) is 7.87. The summed E-state index contributed by atoms with van der Waals surface area (Å²) in [4.78, 5) is 16.3. The van der Waals surface area contributed by atoms with Crippen molar-refractivity contribution in [3.8, 4) is 17.0 Å². The summed E-state index contributed by atoms with van der Waals surface area (Å²) in [7, 11) is 0. The molecule has 2 aromatic heterocycles. The number of carboxylic acids is 1. The maximum absolute atomic E-state index is 16.8.